The molecule has 1 aliphatic rings. The maximum Gasteiger partial charge on any atom is 0.337 e. The van der Waals surface area contributed by atoms with Crippen molar-refractivity contribution in [2.24, 2.45) is 0 Å². The summed E-state index contributed by atoms with van der Waals surface area (Å²) >= 11 is 0. The molecule has 0 N–H and O–H groups in total. The lowest BCUT2D eigenvalue weighted by Crippen LogP contribution is -2.32. The zero-order valence-corrected chi connectivity index (χ0v) is 10.7. The highest BCUT2D eigenvalue weighted by Crippen LogP contribution is 2.28. The van der Waals surface area contributed by atoms with Gasteiger partial charge in [0, 0.05) is 18.2 Å². The van der Waals surface area contributed by atoms with Crippen LogP contribution >= 0.6 is 0 Å². The maximum absolute atomic E-state index is 11.9. The van der Waals surface area contributed by atoms with Gasteiger partial charge < -0.3 is 9.64 Å². The van der Waals surface area contributed by atoms with E-state index in [0.29, 0.717) is 12.0 Å². The quantitative estimate of drug-likeness (QED) is 0.770. The highest BCUT2D eigenvalue weighted by molar-refractivity contribution is 5.98. The van der Waals surface area contributed by atoms with Crippen LogP contribution in [-0.2, 0) is 9.53 Å². The number of nitrogens with zero attached hydrogens (tertiary/aromatic N) is 1. The molecule has 1 heterocycles. The molecule has 1 aromatic carbocycles. The Hall–Kier alpha value is -1.84. The van der Waals surface area contributed by atoms with Crippen LogP contribution in [-0.4, -0.2) is 25.0 Å². The molecule has 0 spiro atoms. The van der Waals surface area contributed by atoms with E-state index in [1.165, 1.54) is 7.11 Å². The minimum absolute atomic E-state index is 0.129. The van der Waals surface area contributed by atoms with Gasteiger partial charge in [0.05, 0.1) is 12.7 Å². The standard InChI is InChI=1S/C14H17NO3/c1-3-11-7-8-13(16)15(11)12-6-4-5-10(9-12)14(17)18-2/h4-6,9,11H,3,7-8H2,1-2H3. The number of ether oxygens (including phenoxy) is 1. The zero-order chi connectivity index (χ0) is 13.1. The fourth-order valence-corrected chi connectivity index (χ4v) is 2.39. The van der Waals surface area contributed by atoms with Crippen LogP contribution < -0.4 is 4.90 Å². The highest BCUT2D eigenvalue weighted by Gasteiger charge is 2.30. The molecule has 4 heteroatoms. The van der Waals surface area contributed by atoms with E-state index in [2.05, 4.69) is 6.92 Å². The third-order valence-corrected chi connectivity index (χ3v) is 3.34. The number of methoxy groups -OCH3 is 1. The molecule has 0 radical (unpaired) electrons. The minimum Gasteiger partial charge on any atom is -0.465 e. The monoisotopic (exact) mass is 247 g/mol. The summed E-state index contributed by atoms with van der Waals surface area (Å²) in [5.74, 6) is -0.250. The summed E-state index contributed by atoms with van der Waals surface area (Å²) in [6.07, 6.45) is 2.40. The fourth-order valence-electron chi connectivity index (χ4n) is 2.39. The number of carbonyl (C=O) groups excluding carboxylic acids is 2. The van der Waals surface area contributed by atoms with Crippen molar-refractivity contribution in [3.05, 3.63) is 29.8 Å². The second kappa shape index (κ2) is 5.21. The Morgan fingerprint density at radius 2 is 2.28 bits per heavy atom. The molecule has 1 fully saturated rings. The average Bonchev–Trinajstić information content (AvgIpc) is 2.79. The highest BCUT2D eigenvalue weighted by atomic mass is 16.5. The molecule has 4 nitrogen and oxygen atoms in total. The number of hydrogen-bond donors (Lipinski definition) is 0. The molecule has 1 amide bonds. The van der Waals surface area contributed by atoms with Crippen LogP contribution in [0.2, 0.25) is 0 Å². The summed E-state index contributed by atoms with van der Waals surface area (Å²) < 4.78 is 4.69. The van der Waals surface area contributed by atoms with Crippen LogP contribution in [0.3, 0.4) is 0 Å². The second-order valence-corrected chi connectivity index (χ2v) is 4.41. The van der Waals surface area contributed by atoms with Crippen LogP contribution in [0, 0.1) is 0 Å². The van der Waals surface area contributed by atoms with Crippen LogP contribution in [0.5, 0.6) is 0 Å². The van der Waals surface area contributed by atoms with Gasteiger partial charge in [-0.05, 0) is 31.0 Å². The lowest BCUT2D eigenvalue weighted by Gasteiger charge is -2.24. The Kier molecular flexibility index (Phi) is 3.65. The smallest absolute Gasteiger partial charge is 0.337 e. The Bertz CT molecular complexity index is 470. The van der Waals surface area contributed by atoms with E-state index in [-0.39, 0.29) is 17.9 Å². The number of esters is 1. The van der Waals surface area contributed by atoms with Crippen molar-refractivity contribution in [1.82, 2.24) is 0 Å². The van der Waals surface area contributed by atoms with Crippen molar-refractivity contribution in [3.8, 4) is 0 Å². The zero-order valence-electron chi connectivity index (χ0n) is 10.7. The second-order valence-electron chi connectivity index (χ2n) is 4.41. The molecule has 18 heavy (non-hydrogen) atoms. The molecule has 0 aromatic heterocycles. The first-order valence-electron chi connectivity index (χ1n) is 6.17. The first-order chi connectivity index (χ1) is 8.67. The first-order valence-corrected chi connectivity index (χ1v) is 6.17. The Balaban J connectivity index is 2.32. The summed E-state index contributed by atoms with van der Waals surface area (Å²) in [6.45, 7) is 2.07. The Morgan fingerprint density at radius 3 is 2.94 bits per heavy atom. The van der Waals surface area contributed by atoms with Gasteiger partial charge in [-0.3, -0.25) is 4.79 Å². The third kappa shape index (κ3) is 2.23. The molecule has 1 atom stereocenters. The average molecular weight is 247 g/mol. The van der Waals surface area contributed by atoms with Crippen molar-refractivity contribution in [2.75, 3.05) is 12.0 Å². The van der Waals surface area contributed by atoms with Crippen molar-refractivity contribution in [2.45, 2.75) is 32.2 Å². The van der Waals surface area contributed by atoms with Gasteiger partial charge in [0.1, 0.15) is 0 Å². The van der Waals surface area contributed by atoms with Crippen molar-refractivity contribution in [3.63, 3.8) is 0 Å². The molecule has 96 valence electrons. The topological polar surface area (TPSA) is 46.6 Å². The molecule has 1 aromatic rings. The fraction of sp³-hybridized carbons (Fsp3) is 0.429. The predicted octanol–water partition coefficient (Wildman–Crippen LogP) is 2.38. The molecule has 0 aliphatic carbocycles. The third-order valence-electron chi connectivity index (χ3n) is 3.34. The minimum atomic E-state index is -0.378. The number of hydrogen-bond acceptors (Lipinski definition) is 3. The Morgan fingerprint density at radius 1 is 1.50 bits per heavy atom. The summed E-state index contributed by atoms with van der Waals surface area (Å²) in [7, 11) is 1.35. The predicted molar refractivity (Wildman–Crippen MR) is 68.6 cm³/mol. The van der Waals surface area contributed by atoms with Crippen LogP contribution in [0.15, 0.2) is 24.3 Å². The van der Waals surface area contributed by atoms with E-state index in [1.807, 2.05) is 6.07 Å². The van der Waals surface area contributed by atoms with E-state index in [4.69, 9.17) is 4.74 Å². The molecule has 1 saturated heterocycles. The molecular weight excluding hydrogens is 230 g/mol. The van der Waals surface area contributed by atoms with Crippen molar-refractivity contribution >= 4 is 17.6 Å². The van der Waals surface area contributed by atoms with E-state index in [0.717, 1.165) is 18.5 Å². The molecular formula is C14H17NO3. The summed E-state index contributed by atoms with van der Waals surface area (Å²) in [5, 5.41) is 0. The lowest BCUT2D eigenvalue weighted by molar-refractivity contribution is -0.117. The number of amides is 1. The van der Waals surface area contributed by atoms with Gasteiger partial charge in [0.15, 0.2) is 0 Å². The van der Waals surface area contributed by atoms with Crippen LogP contribution in [0.4, 0.5) is 5.69 Å². The molecule has 0 saturated carbocycles. The molecule has 2 rings (SSSR count). The van der Waals surface area contributed by atoms with Gasteiger partial charge in [-0.15, -0.1) is 0 Å². The van der Waals surface area contributed by atoms with Crippen LogP contribution in [0.25, 0.3) is 0 Å². The van der Waals surface area contributed by atoms with Crippen LogP contribution in [0.1, 0.15) is 36.5 Å². The molecule has 1 unspecified atom stereocenters. The molecule has 0 bridgehead atoms. The van der Waals surface area contributed by atoms with E-state index in [9.17, 15) is 9.59 Å². The number of anilines is 1. The summed E-state index contributed by atoms with van der Waals surface area (Å²) in [5.41, 5.74) is 1.26. The van der Waals surface area contributed by atoms with Gasteiger partial charge in [0.2, 0.25) is 5.91 Å². The van der Waals surface area contributed by atoms with E-state index < -0.39 is 0 Å². The van der Waals surface area contributed by atoms with E-state index in [1.54, 1.807) is 23.1 Å². The number of carbonyl (C=O) groups is 2. The van der Waals surface area contributed by atoms with Crippen molar-refractivity contribution in [1.29, 1.82) is 0 Å². The van der Waals surface area contributed by atoms with Crippen molar-refractivity contribution < 1.29 is 14.3 Å². The largest absolute Gasteiger partial charge is 0.465 e. The van der Waals surface area contributed by atoms with Gasteiger partial charge in [-0.25, -0.2) is 4.79 Å². The first kappa shape index (κ1) is 12.6. The number of rotatable bonds is 3. The lowest BCUT2D eigenvalue weighted by atomic mass is 10.1. The maximum atomic E-state index is 11.9. The normalized spacial score (nSPS) is 19.1. The summed E-state index contributed by atoms with van der Waals surface area (Å²) in [4.78, 5) is 25.2. The van der Waals surface area contributed by atoms with Gasteiger partial charge in [0.25, 0.3) is 0 Å². The summed E-state index contributed by atoms with van der Waals surface area (Å²) in [6, 6.07) is 7.29. The van der Waals surface area contributed by atoms with Gasteiger partial charge in [-0.2, -0.15) is 0 Å². The van der Waals surface area contributed by atoms with E-state index >= 15 is 0 Å². The Labute approximate surface area is 107 Å². The van der Waals surface area contributed by atoms with Gasteiger partial charge in [-0.1, -0.05) is 13.0 Å². The van der Waals surface area contributed by atoms with Gasteiger partial charge >= 0.3 is 5.97 Å². The number of benzene rings is 1. The molecule has 1 aliphatic heterocycles. The SMILES string of the molecule is CCC1CCC(=O)N1c1cccc(C(=O)OC)c1.